The topological polar surface area (TPSA) is 86.6 Å². The zero-order chi connectivity index (χ0) is 14.1. The standard InChI is InChI=1S/C11H13NO4.C2H6/c1-7(13)12-9-4-2-3-8(5-9)6-10(14)11(15)16;1-2/h2-5,10,14H,6H2,1H3,(H,12,13)(H,15,16);1-2H3. The first-order valence-electron chi connectivity index (χ1n) is 5.76. The van der Waals surface area contributed by atoms with Crippen molar-refractivity contribution in [2.75, 3.05) is 5.32 Å². The number of carboxylic acid groups (broad SMARTS) is 1. The van der Waals surface area contributed by atoms with Gasteiger partial charge in [-0.05, 0) is 17.7 Å². The first kappa shape index (κ1) is 16.1. The average Bonchev–Trinajstić information content (AvgIpc) is 2.31. The van der Waals surface area contributed by atoms with Gasteiger partial charge in [-0.3, -0.25) is 4.79 Å². The van der Waals surface area contributed by atoms with Gasteiger partial charge in [-0.2, -0.15) is 0 Å². The van der Waals surface area contributed by atoms with Crippen molar-refractivity contribution in [3.8, 4) is 0 Å². The van der Waals surface area contributed by atoms with E-state index in [4.69, 9.17) is 10.2 Å². The van der Waals surface area contributed by atoms with Gasteiger partial charge in [0, 0.05) is 19.0 Å². The van der Waals surface area contributed by atoms with E-state index < -0.39 is 12.1 Å². The van der Waals surface area contributed by atoms with E-state index in [0.717, 1.165) is 0 Å². The molecule has 0 aromatic heterocycles. The number of aliphatic hydroxyl groups excluding tert-OH is 1. The molecular weight excluding hydrogens is 234 g/mol. The smallest absolute Gasteiger partial charge is 0.332 e. The fourth-order valence-corrected chi connectivity index (χ4v) is 1.29. The van der Waals surface area contributed by atoms with Gasteiger partial charge in [0.05, 0.1) is 0 Å². The Hall–Kier alpha value is -1.88. The quantitative estimate of drug-likeness (QED) is 0.761. The first-order chi connectivity index (χ1) is 8.49. The fourth-order valence-electron chi connectivity index (χ4n) is 1.29. The molecule has 0 heterocycles. The highest BCUT2D eigenvalue weighted by molar-refractivity contribution is 5.88. The van der Waals surface area contributed by atoms with Crippen LogP contribution in [0.1, 0.15) is 26.3 Å². The van der Waals surface area contributed by atoms with E-state index in [1.165, 1.54) is 6.92 Å². The number of rotatable bonds is 4. The monoisotopic (exact) mass is 253 g/mol. The average molecular weight is 253 g/mol. The predicted molar refractivity (Wildman–Crippen MR) is 69.4 cm³/mol. The van der Waals surface area contributed by atoms with Gasteiger partial charge in [0.15, 0.2) is 6.10 Å². The molecule has 0 aliphatic rings. The summed E-state index contributed by atoms with van der Waals surface area (Å²) in [5, 5.41) is 20.3. The van der Waals surface area contributed by atoms with Crippen LogP contribution < -0.4 is 5.32 Å². The molecule has 0 bridgehead atoms. The number of carbonyl (C=O) groups excluding carboxylic acids is 1. The summed E-state index contributed by atoms with van der Waals surface area (Å²) in [6.07, 6.45) is -1.41. The van der Waals surface area contributed by atoms with Crippen LogP contribution >= 0.6 is 0 Å². The molecule has 1 aromatic carbocycles. The van der Waals surface area contributed by atoms with Crippen LogP contribution in [-0.4, -0.2) is 28.2 Å². The Kier molecular flexibility index (Phi) is 7.38. The van der Waals surface area contributed by atoms with E-state index in [-0.39, 0.29) is 12.3 Å². The maximum absolute atomic E-state index is 10.8. The van der Waals surface area contributed by atoms with Crippen molar-refractivity contribution in [3.05, 3.63) is 29.8 Å². The van der Waals surface area contributed by atoms with E-state index in [9.17, 15) is 9.59 Å². The van der Waals surface area contributed by atoms with Gasteiger partial charge in [0.25, 0.3) is 0 Å². The Morgan fingerprint density at radius 3 is 2.44 bits per heavy atom. The molecule has 5 nitrogen and oxygen atoms in total. The summed E-state index contributed by atoms with van der Waals surface area (Å²) in [5.74, 6) is -1.46. The van der Waals surface area contributed by atoms with Crippen molar-refractivity contribution in [1.29, 1.82) is 0 Å². The van der Waals surface area contributed by atoms with Crippen LogP contribution in [0.5, 0.6) is 0 Å². The largest absolute Gasteiger partial charge is 0.479 e. The zero-order valence-electron chi connectivity index (χ0n) is 10.8. The van der Waals surface area contributed by atoms with Crippen LogP contribution in [-0.2, 0) is 16.0 Å². The maximum Gasteiger partial charge on any atom is 0.332 e. The molecule has 100 valence electrons. The van der Waals surface area contributed by atoms with Gasteiger partial charge in [0.1, 0.15) is 0 Å². The van der Waals surface area contributed by atoms with Gasteiger partial charge in [-0.25, -0.2) is 4.79 Å². The Morgan fingerprint density at radius 1 is 1.33 bits per heavy atom. The molecule has 0 spiro atoms. The third-order valence-corrected chi connectivity index (χ3v) is 1.96. The molecule has 1 unspecified atom stereocenters. The molecule has 1 aromatic rings. The molecular formula is C13H19NO4. The zero-order valence-corrected chi connectivity index (χ0v) is 10.8. The Labute approximate surface area is 106 Å². The van der Waals surface area contributed by atoms with Crippen LogP contribution in [0.4, 0.5) is 5.69 Å². The highest BCUT2D eigenvalue weighted by atomic mass is 16.4. The number of carboxylic acids is 1. The SMILES string of the molecule is CC.CC(=O)Nc1cccc(CC(O)C(=O)O)c1. The lowest BCUT2D eigenvalue weighted by molar-refractivity contribution is -0.146. The molecule has 0 aliphatic heterocycles. The number of carbonyl (C=O) groups is 2. The molecule has 18 heavy (non-hydrogen) atoms. The summed E-state index contributed by atoms with van der Waals surface area (Å²) < 4.78 is 0. The Bertz CT molecular complexity index is 404. The van der Waals surface area contributed by atoms with E-state index >= 15 is 0 Å². The van der Waals surface area contributed by atoms with Gasteiger partial charge in [-0.15, -0.1) is 0 Å². The lowest BCUT2D eigenvalue weighted by Gasteiger charge is -2.07. The fraction of sp³-hybridized carbons (Fsp3) is 0.385. The first-order valence-corrected chi connectivity index (χ1v) is 5.76. The van der Waals surface area contributed by atoms with Crippen molar-refractivity contribution in [2.45, 2.75) is 33.3 Å². The molecule has 0 radical (unpaired) electrons. The second-order valence-corrected chi connectivity index (χ2v) is 3.44. The molecule has 0 saturated carbocycles. The van der Waals surface area contributed by atoms with Gasteiger partial charge in [-0.1, -0.05) is 26.0 Å². The molecule has 0 fully saturated rings. The van der Waals surface area contributed by atoms with Crippen LogP contribution in [0.15, 0.2) is 24.3 Å². The van der Waals surface area contributed by atoms with Crippen LogP contribution in [0, 0.1) is 0 Å². The molecule has 1 rings (SSSR count). The number of amides is 1. The summed E-state index contributed by atoms with van der Waals surface area (Å²) in [5.41, 5.74) is 1.24. The number of aliphatic hydroxyl groups is 1. The third-order valence-electron chi connectivity index (χ3n) is 1.96. The summed E-state index contributed by atoms with van der Waals surface area (Å²) in [7, 11) is 0. The Balaban J connectivity index is 0.00000137. The van der Waals surface area contributed by atoms with Gasteiger partial charge < -0.3 is 15.5 Å². The van der Waals surface area contributed by atoms with Crippen LogP contribution in [0.25, 0.3) is 0 Å². The van der Waals surface area contributed by atoms with Gasteiger partial charge >= 0.3 is 5.97 Å². The molecule has 3 N–H and O–H groups in total. The van der Waals surface area contributed by atoms with Crippen LogP contribution in [0.3, 0.4) is 0 Å². The number of aliphatic carboxylic acids is 1. The third kappa shape index (κ3) is 6.00. The second kappa shape index (κ2) is 8.25. The van der Waals surface area contributed by atoms with Crippen molar-refractivity contribution in [1.82, 2.24) is 0 Å². The normalized spacial score (nSPS) is 10.9. The minimum atomic E-state index is -1.42. The summed E-state index contributed by atoms with van der Waals surface area (Å²) in [4.78, 5) is 21.2. The highest BCUT2D eigenvalue weighted by Crippen LogP contribution is 2.12. The summed E-state index contributed by atoms with van der Waals surface area (Å²) >= 11 is 0. The van der Waals surface area contributed by atoms with E-state index in [1.807, 2.05) is 13.8 Å². The number of hydrogen-bond acceptors (Lipinski definition) is 3. The lowest BCUT2D eigenvalue weighted by Crippen LogP contribution is -2.22. The molecule has 0 aliphatic carbocycles. The van der Waals surface area contributed by atoms with E-state index in [1.54, 1.807) is 24.3 Å². The second-order valence-electron chi connectivity index (χ2n) is 3.44. The number of benzene rings is 1. The number of hydrogen-bond donors (Lipinski definition) is 3. The lowest BCUT2D eigenvalue weighted by atomic mass is 10.1. The highest BCUT2D eigenvalue weighted by Gasteiger charge is 2.13. The summed E-state index contributed by atoms with van der Waals surface area (Å²) in [6, 6.07) is 6.71. The molecule has 5 heteroatoms. The predicted octanol–water partition coefficient (Wildman–Crippen LogP) is 1.66. The minimum absolute atomic E-state index is 0.0166. The van der Waals surface area contributed by atoms with Crippen LogP contribution in [0.2, 0.25) is 0 Å². The summed E-state index contributed by atoms with van der Waals surface area (Å²) in [6.45, 7) is 5.39. The van der Waals surface area contributed by atoms with Crippen molar-refractivity contribution in [2.24, 2.45) is 0 Å². The van der Waals surface area contributed by atoms with E-state index in [0.29, 0.717) is 11.3 Å². The van der Waals surface area contributed by atoms with Crippen molar-refractivity contribution in [3.63, 3.8) is 0 Å². The number of anilines is 1. The molecule has 1 amide bonds. The molecule has 1 atom stereocenters. The van der Waals surface area contributed by atoms with E-state index in [2.05, 4.69) is 5.32 Å². The maximum atomic E-state index is 10.8. The van der Waals surface area contributed by atoms with Crippen molar-refractivity contribution >= 4 is 17.6 Å². The minimum Gasteiger partial charge on any atom is -0.479 e. The Morgan fingerprint density at radius 2 is 1.94 bits per heavy atom. The van der Waals surface area contributed by atoms with Gasteiger partial charge in [0.2, 0.25) is 5.91 Å². The number of nitrogens with one attached hydrogen (secondary N) is 1. The van der Waals surface area contributed by atoms with Crippen molar-refractivity contribution < 1.29 is 19.8 Å². The molecule has 0 saturated heterocycles.